The number of rotatable bonds is 6. The highest BCUT2D eigenvalue weighted by Crippen LogP contribution is 2.55. The molecule has 4 nitrogen and oxygen atoms in total. The molecule has 0 radical (unpaired) electrons. The number of carbonyl (C=O) groups excluding carboxylic acids is 1. The summed E-state index contributed by atoms with van der Waals surface area (Å²) in [6.45, 7) is 13.3. The highest BCUT2D eigenvalue weighted by molar-refractivity contribution is 5.74. The third kappa shape index (κ3) is 4.51. The molecule has 1 aromatic carbocycles. The first kappa shape index (κ1) is 21.1. The van der Waals surface area contributed by atoms with Crippen LogP contribution in [0.2, 0.25) is 0 Å². The lowest BCUT2D eigenvalue weighted by Crippen LogP contribution is -2.63. The number of nitrogens with one attached hydrogen (secondary N) is 1. The average molecular weight is 390 g/mol. The van der Waals surface area contributed by atoms with E-state index >= 15 is 0 Å². The molecule has 0 saturated carbocycles. The molecule has 5 heteroatoms. The first-order valence-electron chi connectivity index (χ1n) is 10.9. The van der Waals surface area contributed by atoms with Gasteiger partial charge in [0, 0.05) is 44.2 Å². The second kappa shape index (κ2) is 8.81. The van der Waals surface area contributed by atoms with Crippen molar-refractivity contribution in [1.82, 2.24) is 15.1 Å². The summed E-state index contributed by atoms with van der Waals surface area (Å²) in [6, 6.07) is 7.45. The number of hydrogen-bond acceptors (Lipinski definition) is 2. The number of amides is 2. The average Bonchev–Trinajstić information content (AvgIpc) is 2.67. The van der Waals surface area contributed by atoms with E-state index in [0.29, 0.717) is 17.9 Å². The molecule has 28 heavy (non-hydrogen) atoms. The van der Waals surface area contributed by atoms with Crippen LogP contribution in [-0.4, -0.2) is 48.6 Å². The lowest BCUT2D eigenvalue weighted by molar-refractivity contribution is -0.112. The molecule has 1 unspecified atom stereocenters. The largest absolute Gasteiger partial charge is 0.338 e. The van der Waals surface area contributed by atoms with E-state index in [1.165, 1.54) is 5.56 Å². The molecule has 2 aliphatic heterocycles. The van der Waals surface area contributed by atoms with Crippen LogP contribution in [-0.2, 0) is 0 Å². The maximum Gasteiger partial charge on any atom is 0.317 e. The number of hydrogen-bond donors (Lipinski definition) is 1. The standard InChI is InChI=1S/C23H36FN3O/c1-5-18(4)14-25-22(28)26-12-10-23(11-13-26)16-27(15-17(2)3)21(23)19-6-8-20(24)9-7-19/h6-9,17-18,21H,5,10-16H2,1-4H3,(H,25,28)/t18-,21?/m0/s1. The molecule has 2 amide bonds. The van der Waals surface area contributed by atoms with Crippen LogP contribution in [0.4, 0.5) is 9.18 Å². The van der Waals surface area contributed by atoms with Gasteiger partial charge in [-0.25, -0.2) is 9.18 Å². The Bertz CT molecular complexity index is 652. The minimum absolute atomic E-state index is 0.0758. The first-order chi connectivity index (χ1) is 13.3. The normalized spacial score (nSPS) is 22.9. The summed E-state index contributed by atoms with van der Waals surface area (Å²) < 4.78 is 13.4. The van der Waals surface area contributed by atoms with E-state index in [9.17, 15) is 9.18 Å². The van der Waals surface area contributed by atoms with Crippen LogP contribution in [0.25, 0.3) is 0 Å². The van der Waals surface area contributed by atoms with Crippen molar-refractivity contribution >= 4 is 6.03 Å². The molecule has 2 atom stereocenters. The fraction of sp³-hybridized carbons (Fsp3) is 0.696. The van der Waals surface area contributed by atoms with E-state index in [2.05, 4.69) is 37.9 Å². The van der Waals surface area contributed by atoms with Gasteiger partial charge in [0.15, 0.2) is 0 Å². The molecule has 156 valence electrons. The smallest absolute Gasteiger partial charge is 0.317 e. The predicted octanol–water partition coefficient (Wildman–Crippen LogP) is 4.68. The molecule has 0 aliphatic carbocycles. The molecule has 2 heterocycles. The zero-order chi connectivity index (χ0) is 20.3. The molecule has 2 saturated heterocycles. The zero-order valence-electron chi connectivity index (χ0n) is 17.9. The Hall–Kier alpha value is -1.62. The van der Waals surface area contributed by atoms with E-state index in [0.717, 1.165) is 52.0 Å². The molecule has 3 rings (SSSR count). The van der Waals surface area contributed by atoms with Crippen LogP contribution in [0, 0.1) is 23.1 Å². The van der Waals surface area contributed by atoms with Crippen molar-refractivity contribution < 1.29 is 9.18 Å². The Morgan fingerprint density at radius 1 is 1.21 bits per heavy atom. The number of piperidine rings is 1. The Kier molecular flexibility index (Phi) is 6.64. The van der Waals surface area contributed by atoms with Crippen molar-refractivity contribution in [3.05, 3.63) is 35.6 Å². The zero-order valence-corrected chi connectivity index (χ0v) is 17.9. The van der Waals surface area contributed by atoms with Gasteiger partial charge < -0.3 is 10.2 Å². The third-order valence-electron chi connectivity index (χ3n) is 6.59. The van der Waals surface area contributed by atoms with E-state index < -0.39 is 0 Å². The molecule has 2 aliphatic rings. The van der Waals surface area contributed by atoms with Crippen LogP contribution in [0.5, 0.6) is 0 Å². The van der Waals surface area contributed by atoms with Crippen molar-refractivity contribution in [3.63, 3.8) is 0 Å². The minimum Gasteiger partial charge on any atom is -0.338 e. The number of nitrogens with zero attached hydrogens (tertiary/aromatic N) is 2. The van der Waals surface area contributed by atoms with Crippen molar-refractivity contribution in [2.75, 3.05) is 32.7 Å². The van der Waals surface area contributed by atoms with Gasteiger partial charge in [0.1, 0.15) is 5.82 Å². The second-order valence-corrected chi connectivity index (χ2v) is 9.33. The Morgan fingerprint density at radius 3 is 2.43 bits per heavy atom. The van der Waals surface area contributed by atoms with Crippen LogP contribution < -0.4 is 5.32 Å². The molecule has 1 N–H and O–H groups in total. The van der Waals surface area contributed by atoms with Gasteiger partial charge in [-0.3, -0.25) is 4.90 Å². The van der Waals surface area contributed by atoms with Gasteiger partial charge in [-0.2, -0.15) is 0 Å². The lowest BCUT2D eigenvalue weighted by atomic mass is 9.63. The van der Waals surface area contributed by atoms with Crippen LogP contribution in [0.1, 0.15) is 58.6 Å². The van der Waals surface area contributed by atoms with Crippen LogP contribution >= 0.6 is 0 Å². The summed E-state index contributed by atoms with van der Waals surface area (Å²) in [5.41, 5.74) is 1.42. The molecular weight excluding hydrogens is 353 g/mol. The first-order valence-corrected chi connectivity index (χ1v) is 10.9. The summed E-state index contributed by atoms with van der Waals surface area (Å²) in [7, 11) is 0. The molecule has 1 spiro atoms. The monoisotopic (exact) mass is 389 g/mol. The van der Waals surface area contributed by atoms with Crippen LogP contribution in [0.3, 0.4) is 0 Å². The highest BCUT2D eigenvalue weighted by Gasteiger charge is 2.54. The molecule has 0 aromatic heterocycles. The summed E-state index contributed by atoms with van der Waals surface area (Å²) in [4.78, 5) is 17.0. The van der Waals surface area contributed by atoms with Gasteiger partial charge in [-0.1, -0.05) is 46.2 Å². The number of likely N-dealkylation sites (tertiary alicyclic amines) is 2. The van der Waals surface area contributed by atoms with E-state index in [-0.39, 0.29) is 17.3 Å². The Labute approximate surface area is 169 Å². The van der Waals surface area contributed by atoms with Gasteiger partial charge in [0.25, 0.3) is 0 Å². The van der Waals surface area contributed by atoms with Crippen molar-refractivity contribution in [3.8, 4) is 0 Å². The van der Waals surface area contributed by atoms with E-state index in [4.69, 9.17) is 0 Å². The summed E-state index contributed by atoms with van der Waals surface area (Å²) in [6.07, 6.45) is 3.11. The van der Waals surface area contributed by atoms with Crippen molar-refractivity contribution in [2.45, 2.75) is 53.0 Å². The topological polar surface area (TPSA) is 35.6 Å². The molecule has 1 aromatic rings. The van der Waals surface area contributed by atoms with Gasteiger partial charge >= 0.3 is 6.03 Å². The summed E-state index contributed by atoms with van der Waals surface area (Å²) in [5.74, 6) is 0.936. The third-order valence-corrected chi connectivity index (χ3v) is 6.59. The Balaban J connectivity index is 1.65. The lowest BCUT2D eigenvalue weighted by Gasteiger charge is -2.61. The van der Waals surface area contributed by atoms with Gasteiger partial charge in [-0.05, 0) is 42.4 Å². The maximum atomic E-state index is 13.4. The fourth-order valence-electron chi connectivity index (χ4n) is 4.81. The summed E-state index contributed by atoms with van der Waals surface area (Å²) in [5, 5.41) is 3.09. The Morgan fingerprint density at radius 2 is 1.86 bits per heavy atom. The fourth-order valence-corrected chi connectivity index (χ4v) is 4.81. The van der Waals surface area contributed by atoms with Crippen molar-refractivity contribution in [2.24, 2.45) is 17.3 Å². The SMILES string of the molecule is CC[C@H](C)CNC(=O)N1CCC2(CC1)CN(CC(C)C)C2c1ccc(F)cc1. The molecular formula is C23H36FN3O. The number of carbonyl (C=O) groups is 1. The van der Waals surface area contributed by atoms with Gasteiger partial charge in [-0.15, -0.1) is 0 Å². The predicted molar refractivity (Wildman–Crippen MR) is 112 cm³/mol. The van der Waals surface area contributed by atoms with E-state index in [1.54, 1.807) is 12.1 Å². The molecule has 0 bridgehead atoms. The maximum absolute atomic E-state index is 13.4. The molecule has 2 fully saturated rings. The number of halogens is 1. The van der Waals surface area contributed by atoms with Gasteiger partial charge in [0.05, 0.1) is 0 Å². The van der Waals surface area contributed by atoms with E-state index in [1.807, 2.05) is 17.0 Å². The van der Waals surface area contributed by atoms with Gasteiger partial charge in [0.2, 0.25) is 0 Å². The minimum atomic E-state index is -0.180. The quantitative estimate of drug-likeness (QED) is 0.767. The second-order valence-electron chi connectivity index (χ2n) is 9.33. The summed E-state index contributed by atoms with van der Waals surface area (Å²) >= 11 is 0. The van der Waals surface area contributed by atoms with Crippen molar-refractivity contribution in [1.29, 1.82) is 0 Å². The number of benzene rings is 1. The number of urea groups is 1. The van der Waals surface area contributed by atoms with Crippen LogP contribution in [0.15, 0.2) is 24.3 Å². The highest BCUT2D eigenvalue weighted by atomic mass is 19.1.